The Bertz CT molecular complexity index is 390. The third-order valence-electron chi connectivity index (χ3n) is 2.39. The lowest BCUT2D eigenvalue weighted by Crippen LogP contribution is -2.14. The maximum absolute atomic E-state index is 5.83. The average molecular weight is 202 g/mol. The van der Waals surface area contributed by atoms with Gasteiger partial charge >= 0.3 is 0 Å². The van der Waals surface area contributed by atoms with Gasteiger partial charge in [0.15, 0.2) is 0 Å². The minimum atomic E-state index is 0.589. The van der Waals surface area contributed by atoms with Crippen LogP contribution in [-0.4, -0.2) is 12.9 Å². The van der Waals surface area contributed by atoms with Crippen LogP contribution < -0.4 is 5.73 Å². The van der Waals surface area contributed by atoms with Crippen LogP contribution >= 0.6 is 0 Å². The van der Waals surface area contributed by atoms with Crippen LogP contribution in [0.25, 0.3) is 6.08 Å². The van der Waals surface area contributed by atoms with Gasteiger partial charge in [-0.05, 0) is 24.5 Å². The molecule has 1 rings (SSSR count). The second-order valence-electron chi connectivity index (χ2n) is 3.38. The lowest BCUT2D eigenvalue weighted by atomic mass is 10.0. The fourth-order valence-corrected chi connectivity index (χ4v) is 1.50. The van der Waals surface area contributed by atoms with E-state index in [-0.39, 0.29) is 0 Å². The van der Waals surface area contributed by atoms with Gasteiger partial charge in [-0.2, -0.15) is 0 Å². The molecule has 0 unspecified atom stereocenters. The van der Waals surface area contributed by atoms with Crippen molar-refractivity contribution in [3.05, 3.63) is 41.0 Å². The molecule has 2 nitrogen and oxygen atoms in total. The van der Waals surface area contributed by atoms with Crippen molar-refractivity contribution in [3.63, 3.8) is 0 Å². The van der Waals surface area contributed by atoms with Crippen LogP contribution in [0.15, 0.2) is 29.3 Å². The van der Waals surface area contributed by atoms with Crippen molar-refractivity contribution in [2.45, 2.75) is 20.3 Å². The first-order valence-corrected chi connectivity index (χ1v) is 5.21. The molecule has 0 spiro atoms. The number of benzene rings is 1. The molecular weight excluding hydrogens is 184 g/mol. The molecule has 0 saturated carbocycles. The molecule has 0 aliphatic carbocycles. The van der Waals surface area contributed by atoms with Crippen molar-refractivity contribution in [2.24, 2.45) is 10.7 Å². The molecule has 15 heavy (non-hydrogen) atoms. The largest absolute Gasteiger partial charge is 0.383 e. The van der Waals surface area contributed by atoms with Crippen molar-refractivity contribution < 1.29 is 0 Å². The Morgan fingerprint density at radius 2 is 2.20 bits per heavy atom. The van der Waals surface area contributed by atoms with E-state index in [9.17, 15) is 0 Å². The van der Waals surface area contributed by atoms with Gasteiger partial charge in [-0.3, -0.25) is 4.99 Å². The van der Waals surface area contributed by atoms with E-state index in [0.29, 0.717) is 5.84 Å². The smallest absolute Gasteiger partial charge is 0.125 e. The zero-order chi connectivity index (χ0) is 11.3. The molecule has 1 aromatic rings. The van der Waals surface area contributed by atoms with Crippen molar-refractivity contribution in [1.82, 2.24) is 0 Å². The number of aryl methyl sites for hydroxylation is 1. The number of nitrogens with zero attached hydrogens (tertiary/aromatic N) is 1. The van der Waals surface area contributed by atoms with Crippen molar-refractivity contribution >= 4 is 11.9 Å². The average Bonchev–Trinajstić information content (AvgIpc) is 2.28. The van der Waals surface area contributed by atoms with E-state index < -0.39 is 0 Å². The third kappa shape index (κ3) is 2.69. The predicted octanol–water partition coefficient (Wildman–Crippen LogP) is 2.62. The van der Waals surface area contributed by atoms with Crippen molar-refractivity contribution in [1.29, 1.82) is 0 Å². The monoisotopic (exact) mass is 202 g/mol. The second-order valence-corrected chi connectivity index (χ2v) is 3.38. The predicted molar refractivity (Wildman–Crippen MR) is 67.2 cm³/mol. The Hall–Kier alpha value is -1.57. The van der Waals surface area contributed by atoms with Crippen molar-refractivity contribution in [3.8, 4) is 0 Å². The van der Waals surface area contributed by atoms with Crippen molar-refractivity contribution in [2.75, 3.05) is 7.05 Å². The molecule has 2 N–H and O–H groups in total. The molecule has 0 amide bonds. The summed E-state index contributed by atoms with van der Waals surface area (Å²) in [6, 6.07) is 6.30. The van der Waals surface area contributed by atoms with Crippen LogP contribution in [0, 0.1) is 0 Å². The first-order valence-electron chi connectivity index (χ1n) is 5.21. The minimum absolute atomic E-state index is 0.589. The van der Waals surface area contributed by atoms with Crippen LogP contribution in [0.1, 0.15) is 30.5 Å². The van der Waals surface area contributed by atoms with Gasteiger partial charge in [0.05, 0.1) is 0 Å². The number of hydrogen-bond acceptors (Lipinski definition) is 1. The lowest BCUT2D eigenvalue weighted by Gasteiger charge is -2.07. The van der Waals surface area contributed by atoms with Crippen LogP contribution in [0.3, 0.4) is 0 Å². The first kappa shape index (κ1) is 11.5. The zero-order valence-corrected chi connectivity index (χ0v) is 9.62. The molecule has 0 heterocycles. The summed E-state index contributed by atoms with van der Waals surface area (Å²) >= 11 is 0. The standard InChI is InChI=1S/C13H18N2/c1-4-6-11-9-10(5-2)7-8-12(11)13(14)15-3/h4,6-9H,5H2,1-3H3,(H2,14,15)/b6-4-. The Morgan fingerprint density at radius 1 is 1.47 bits per heavy atom. The molecule has 0 atom stereocenters. The van der Waals surface area contributed by atoms with E-state index in [2.05, 4.69) is 30.1 Å². The number of hydrogen-bond donors (Lipinski definition) is 1. The van der Waals surface area contributed by atoms with E-state index >= 15 is 0 Å². The molecule has 0 radical (unpaired) electrons. The fourth-order valence-electron chi connectivity index (χ4n) is 1.50. The van der Waals surface area contributed by atoms with Crippen LogP contribution in [0.4, 0.5) is 0 Å². The highest BCUT2D eigenvalue weighted by atomic mass is 14.8. The lowest BCUT2D eigenvalue weighted by molar-refractivity contribution is 1.14. The third-order valence-corrected chi connectivity index (χ3v) is 2.39. The number of amidine groups is 1. The van der Waals surface area contributed by atoms with Gasteiger partial charge in [0, 0.05) is 12.6 Å². The molecule has 1 aromatic carbocycles. The highest BCUT2D eigenvalue weighted by molar-refractivity contribution is 6.00. The zero-order valence-electron chi connectivity index (χ0n) is 9.62. The summed E-state index contributed by atoms with van der Waals surface area (Å²) in [6.07, 6.45) is 5.11. The van der Waals surface area contributed by atoms with E-state index in [1.807, 2.05) is 19.1 Å². The van der Waals surface area contributed by atoms with Gasteiger partial charge in [0.25, 0.3) is 0 Å². The van der Waals surface area contributed by atoms with Gasteiger partial charge < -0.3 is 5.73 Å². The molecule has 0 aromatic heterocycles. The Labute approximate surface area is 91.5 Å². The summed E-state index contributed by atoms with van der Waals surface area (Å²) in [5, 5.41) is 0. The van der Waals surface area contributed by atoms with E-state index in [0.717, 1.165) is 17.5 Å². The summed E-state index contributed by atoms with van der Waals surface area (Å²) in [4.78, 5) is 4.02. The number of rotatable bonds is 3. The summed E-state index contributed by atoms with van der Waals surface area (Å²) in [5.74, 6) is 0.589. The van der Waals surface area contributed by atoms with Crippen LogP contribution in [0.2, 0.25) is 0 Å². The first-order chi connectivity index (χ1) is 7.22. The summed E-state index contributed by atoms with van der Waals surface area (Å²) in [6.45, 7) is 4.15. The maximum atomic E-state index is 5.83. The normalized spacial score (nSPS) is 12.3. The van der Waals surface area contributed by atoms with Gasteiger partial charge in [-0.1, -0.05) is 37.3 Å². The number of nitrogens with two attached hydrogens (primary N) is 1. The minimum Gasteiger partial charge on any atom is -0.383 e. The van der Waals surface area contributed by atoms with E-state index in [1.54, 1.807) is 7.05 Å². The second kappa shape index (κ2) is 5.35. The quantitative estimate of drug-likeness (QED) is 0.594. The van der Waals surface area contributed by atoms with Gasteiger partial charge in [-0.15, -0.1) is 0 Å². The van der Waals surface area contributed by atoms with Crippen LogP contribution in [0.5, 0.6) is 0 Å². The Morgan fingerprint density at radius 3 is 2.73 bits per heavy atom. The summed E-state index contributed by atoms with van der Waals surface area (Å²) in [5.41, 5.74) is 9.29. The fraction of sp³-hybridized carbons (Fsp3) is 0.308. The maximum Gasteiger partial charge on any atom is 0.125 e. The van der Waals surface area contributed by atoms with Gasteiger partial charge in [-0.25, -0.2) is 0 Å². The van der Waals surface area contributed by atoms with Crippen LogP contribution in [-0.2, 0) is 6.42 Å². The molecule has 0 saturated heterocycles. The molecular formula is C13H18N2. The molecule has 0 bridgehead atoms. The highest BCUT2D eigenvalue weighted by Crippen LogP contribution is 2.14. The van der Waals surface area contributed by atoms with Gasteiger partial charge in [0.2, 0.25) is 0 Å². The summed E-state index contributed by atoms with van der Waals surface area (Å²) in [7, 11) is 1.71. The molecule has 0 aliphatic heterocycles. The van der Waals surface area contributed by atoms with E-state index in [4.69, 9.17) is 5.73 Å². The highest BCUT2D eigenvalue weighted by Gasteiger charge is 2.03. The van der Waals surface area contributed by atoms with E-state index in [1.165, 1.54) is 5.56 Å². The molecule has 0 aliphatic rings. The SMILES string of the molecule is C/C=C\c1cc(CC)ccc1/C(N)=N\C. The molecule has 80 valence electrons. The number of allylic oxidation sites excluding steroid dienone is 1. The van der Waals surface area contributed by atoms with Gasteiger partial charge in [0.1, 0.15) is 5.84 Å². The summed E-state index contributed by atoms with van der Waals surface area (Å²) < 4.78 is 0. The number of aliphatic imine (C=N–C) groups is 1. The molecule has 0 fully saturated rings. The molecule has 2 heteroatoms. The topological polar surface area (TPSA) is 38.4 Å². The Kier molecular flexibility index (Phi) is 4.10. The Balaban J connectivity index is 3.27.